The lowest BCUT2D eigenvalue weighted by Crippen LogP contribution is -2.45. The number of hydrogen-bond acceptors (Lipinski definition) is 6. The van der Waals surface area contributed by atoms with E-state index in [0.717, 1.165) is 17.7 Å². The maximum atomic E-state index is 15.1. The molecule has 5 rings (SSSR count). The van der Waals surface area contributed by atoms with Gasteiger partial charge in [-0.2, -0.15) is 0 Å². The zero-order chi connectivity index (χ0) is 29.1. The Balaban J connectivity index is 1.38. The minimum absolute atomic E-state index is 0.000109. The third-order valence-corrected chi connectivity index (χ3v) is 8.14. The van der Waals surface area contributed by atoms with E-state index in [1.807, 2.05) is 19.1 Å². The number of amides is 3. The van der Waals surface area contributed by atoms with E-state index in [9.17, 15) is 9.59 Å². The number of methoxy groups -OCH3 is 1. The van der Waals surface area contributed by atoms with Gasteiger partial charge in [-0.1, -0.05) is 30.5 Å². The molecule has 2 fully saturated rings. The summed E-state index contributed by atoms with van der Waals surface area (Å²) in [6.07, 6.45) is 7.03. The van der Waals surface area contributed by atoms with Crippen molar-refractivity contribution < 1.29 is 18.7 Å². The predicted octanol–water partition coefficient (Wildman–Crippen LogP) is 5.23. The number of anilines is 2. The van der Waals surface area contributed by atoms with Crippen molar-refractivity contribution in [2.45, 2.75) is 56.7 Å². The molecule has 1 saturated heterocycles. The second kappa shape index (κ2) is 12.1. The molecule has 0 radical (unpaired) electrons. The number of benzene rings is 1. The number of urea groups is 1. The summed E-state index contributed by atoms with van der Waals surface area (Å²) in [5.74, 6) is -0.188. The number of likely N-dealkylation sites (tertiary alicyclic amines) is 1. The quantitative estimate of drug-likeness (QED) is 0.318. The number of carbonyl (C=O) groups is 2. The molecule has 1 saturated carbocycles. The van der Waals surface area contributed by atoms with E-state index in [-0.39, 0.29) is 30.6 Å². The van der Waals surface area contributed by atoms with Crippen molar-refractivity contribution in [2.75, 3.05) is 24.3 Å². The Morgan fingerprint density at radius 3 is 2.61 bits per heavy atom. The van der Waals surface area contributed by atoms with Gasteiger partial charge in [0.2, 0.25) is 5.91 Å². The third kappa shape index (κ3) is 6.66. The van der Waals surface area contributed by atoms with E-state index in [0.29, 0.717) is 22.9 Å². The highest BCUT2D eigenvalue weighted by molar-refractivity contribution is 6.30. The molecule has 2 aromatic heterocycles. The minimum Gasteiger partial charge on any atom is -0.380 e. The van der Waals surface area contributed by atoms with Crippen LogP contribution in [-0.2, 0) is 15.1 Å². The number of aryl methyl sites for hydroxylation is 1. The second-order valence-corrected chi connectivity index (χ2v) is 11.3. The number of ether oxygens (including phenoxy) is 1. The van der Waals surface area contributed by atoms with Crippen LogP contribution in [0.5, 0.6) is 0 Å². The summed E-state index contributed by atoms with van der Waals surface area (Å²) < 4.78 is 20.6. The zero-order valence-corrected chi connectivity index (χ0v) is 23.8. The molecular weight excluding hydrogens is 547 g/mol. The van der Waals surface area contributed by atoms with Crippen molar-refractivity contribution in [3.05, 3.63) is 82.5 Å². The van der Waals surface area contributed by atoms with Gasteiger partial charge in [-0.05, 0) is 73.2 Å². The van der Waals surface area contributed by atoms with Gasteiger partial charge < -0.3 is 20.7 Å². The normalized spacial score (nSPS) is 20.0. The first-order valence-electron chi connectivity index (χ1n) is 13.7. The highest BCUT2D eigenvalue weighted by Crippen LogP contribution is 2.40. The molecule has 9 nitrogen and oxygen atoms in total. The van der Waals surface area contributed by atoms with Crippen molar-refractivity contribution in [2.24, 2.45) is 11.7 Å². The minimum atomic E-state index is -0.893. The van der Waals surface area contributed by atoms with Crippen LogP contribution in [0, 0.1) is 18.7 Å². The molecule has 216 valence electrons. The molecule has 3 aromatic rings. The number of nitrogens with two attached hydrogens (primary N) is 1. The summed E-state index contributed by atoms with van der Waals surface area (Å²) in [5, 5.41) is 5.82. The first kappa shape index (κ1) is 28.9. The standard InChI is InChI=1S/C30H34ClFN6O3/c1-18-13-21(10-12-34-18)30(33,11-9-19-3-4-19)20-5-7-24(32)25(14-20)36-28(39)26-15-23(41-2)17-38(26)29(40)37-27-8-6-22(31)16-35-27/h5-8,10,12-14,16,19,23,26H,3-4,9,11,15,17,33H2,1-2H3,(H,36,39)(H,35,37,40)/t23-,26-,30?/m1/s1. The number of aromatic nitrogens is 2. The number of hydrogen-bond donors (Lipinski definition) is 3. The summed E-state index contributed by atoms with van der Waals surface area (Å²) >= 11 is 5.89. The van der Waals surface area contributed by atoms with Crippen molar-refractivity contribution in [3.8, 4) is 0 Å². The van der Waals surface area contributed by atoms with Crippen molar-refractivity contribution in [1.29, 1.82) is 0 Å². The molecule has 3 atom stereocenters. The van der Waals surface area contributed by atoms with Crippen LogP contribution in [0.3, 0.4) is 0 Å². The smallest absolute Gasteiger partial charge is 0.323 e. The van der Waals surface area contributed by atoms with Crippen LogP contribution >= 0.6 is 11.6 Å². The Bertz CT molecular complexity index is 1420. The Morgan fingerprint density at radius 2 is 1.93 bits per heavy atom. The van der Waals surface area contributed by atoms with Gasteiger partial charge in [0, 0.05) is 38.2 Å². The molecule has 1 aliphatic carbocycles. The molecule has 1 unspecified atom stereocenters. The number of nitrogens with one attached hydrogen (secondary N) is 2. The van der Waals surface area contributed by atoms with Gasteiger partial charge in [0.15, 0.2) is 0 Å². The predicted molar refractivity (Wildman–Crippen MR) is 155 cm³/mol. The Labute approximate surface area is 243 Å². The van der Waals surface area contributed by atoms with Crippen molar-refractivity contribution in [1.82, 2.24) is 14.9 Å². The van der Waals surface area contributed by atoms with Gasteiger partial charge in [-0.25, -0.2) is 14.2 Å². The fourth-order valence-corrected chi connectivity index (χ4v) is 5.42. The van der Waals surface area contributed by atoms with Gasteiger partial charge in [0.05, 0.1) is 22.4 Å². The Morgan fingerprint density at radius 1 is 1.15 bits per heavy atom. The SMILES string of the molecule is CO[C@@H]1C[C@H](C(=O)Nc2cc(C(N)(CCC3CC3)c3ccnc(C)c3)ccc2F)N(C(=O)Nc2ccc(Cl)cn2)C1. The fourth-order valence-electron chi connectivity index (χ4n) is 5.30. The Hall–Kier alpha value is -3.60. The topological polar surface area (TPSA) is 122 Å². The molecule has 0 spiro atoms. The van der Waals surface area contributed by atoms with Gasteiger partial charge in [0.25, 0.3) is 0 Å². The first-order chi connectivity index (χ1) is 19.7. The molecule has 2 aliphatic rings. The molecule has 3 amide bonds. The fraction of sp³-hybridized carbons (Fsp3) is 0.400. The largest absolute Gasteiger partial charge is 0.380 e. The van der Waals surface area contributed by atoms with Gasteiger partial charge in [-0.15, -0.1) is 0 Å². The van der Waals surface area contributed by atoms with Gasteiger partial charge in [0.1, 0.15) is 17.7 Å². The molecule has 1 aliphatic heterocycles. The van der Waals surface area contributed by atoms with Crippen molar-refractivity contribution in [3.63, 3.8) is 0 Å². The van der Waals surface area contributed by atoms with E-state index < -0.39 is 29.3 Å². The van der Waals surface area contributed by atoms with Crippen molar-refractivity contribution >= 4 is 35.0 Å². The number of carbonyl (C=O) groups excluding carboxylic acids is 2. The van der Waals surface area contributed by atoms with Crippen LogP contribution in [-0.4, -0.2) is 52.6 Å². The lowest BCUT2D eigenvalue weighted by atomic mass is 9.79. The molecule has 1 aromatic carbocycles. The van der Waals surface area contributed by atoms with Gasteiger partial charge >= 0.3 is 6.03 Å². The maximum absolute atomic E-state index is 15.1. The number of nitrogens with zero attached hydrogens (tertiary/aromatic N) is 3. The first-order valence-corrected chi connectivity index (χ1v) is 14.1. The lowest BCUT2D eigenvalue weighted by Gasteiger charge is -2.32. The summed E-state index contributed by atoms with van der Waals surface area (Å²) in [6.45, 7) is 2.09. The second-order valence-electron chi connectivity index (χ2n) is 10.9. The van der Waals surface area contributed by atoms with Crippen LogP contribution in [0.1, 0.15) is 48.9 Å². The maximum Gasteiger partial charge on any atom is 0.323 e. The van der Waals surface area contributed by atoms with Gasteiger partial charge in [-0.3, -0.25) is 15.1 Å². The highest BCUT2D eigenvalue weighted by Gasteiger charge is 2.40. The molecule has 11 heteroatoms. The lowest BCUT2D eigenvalue weighted by molar-refractivity contribution is -0.119. The summed E-state index contributed by atoms with van der Waals surface area (Å²) in [5.41, 5.74) is 8.59. The summed E-state index contributed by atoms with van der Waals surface area (Å²) in [6, 6.07) is 10.2. The molecule has 41 heavy (non-hydrogen) atoms. The van der Waals surface area contributed by atoms with Crippen LogP contribution in [0.25, 0.3) is 0 Å². The van der Waals surface area contributed by atoms with E-state index in [1.165, 1.54) is 37.1 Å². The Kier molecular flexibility index (Phi) is 8.53. The molecule has 3 heterocycles. The monoisotopic (exact) mass is 580 g/mol. The molecule has 0 bridgehead atoms. The number of halogens is 2. The molecular formula is C30H34ClFN6O3. The van der Waals surface area contributed by atoms with Crippen LogP contribution < -0.4 is 16.4 Å². The third-order valence-electron chi connectivity index (χ3n) is 7.92. The molecule has 4 N–H and O–H groups in total. The van der Waals surface area contributed by atoms with E-state index in [2.05, 4.69) is 20.6 Å². The average Bonchev–Trinajstić information content (AvgIpc) is 3.69. The number of pyridine rings is 2. The highest BCUT2D eigenvalue weighted by atomic mass is 35.5. The zero-order valence-electron chi connectivity index (χ0n) is 23.1. The van der Waals surface area contributed by atoms with Crippen LogP contribution in [0.15, 0.2) is 54.9 Å². The van der Waals surface area contributed by atoms with Crippen LogP contribution in [0.4, 0.5) is 20.7 Å². The summed E-state index contributed by atoms with van der Waals surface area (Å²) in [7, 11) is 1.52. The summed E-state index contributed by atoms with van der Waals surface area (Å²) in [4.78, 5) is 36.4. The van der Waals surface area contributed by atoms with Crippen LogP contribution in [0.2, 0.25) is 5.02 Å². The van der Waals surface area contributed by atoms with E-state index >= 15 is 4.39 Å². The average molecular weight is 581 g/mol. The van der Waals surface area contributed by atoms with E-state index in [1.54, 1.807) is 30.5 Å². The van der Waals surface area contributed by atoms with E-state index in [4.69, 9.17) is 22.1 Å². The number of rotatable bonds is 9.